The molecule has 0 bridgehead atoms. The largest absolute Gasteiger partial charge is 0.490 e. The molecule has 0 heterocycles. The van der Waals surface area contributed by atoms with Gasteiger partial charge in [-0.3, -0.25) is 0 Å². The quantitative estimate of drug-likeness (QED) is 0.725. The highest BCUT2D eigenvalue weighted by molar-refractivity contribution is 5.21. The normalized spacial score (nSPS) is 10.8. The molecule has 0 saturated carbocycles. The van der Waals surface area contributed by atoms with Crippen molar-refractivity contribution in [1.82, 2.24) is 0 Å². The van der Waals surface area contributed by atoms with E-state index in [2.05, 4.69) is 0 Å². The van der Waals surface area contributed by atoms with Crippen molar-refractivity contribution in [3.8, 4) is 17.9 Å². The summed E-state index contributed by atoms with van der Waals surface area (Å²) in [6.07, 6.45) is 4.04. The van der Waals surface area contributed by atoms with Crippen LogP contribution in [0.3, 0.4) is 0 Å². The Bertz CT molecular complexity index is 437. The molecule has 86 valence electrons. The summed E-state index contributed by atoms with van der Waals surface area (Å²) in [6.45, 7) is 2.06. The maximum atomic E-state index is 8.78. The van der Waals surface area contributed by atoms with Crippen molar-refractivity contribution >= 4 is 0 Å². The van der Waals surface area contributed by atoms with Crippen molar-refractivity contribution in [3.05, 3.63) is 42.5 Å². The Morgan fingerprint density at radius 3 is 2.41 bits per heavy atom. The van der Waals surface area contributed by atoms with Crippen molar-refractivity contribution < 1.29 is 4.74 Å². The average molecular weight is 226 g/mol. The second-order valence-corrected chi connectivity index (χ2v) is 3.86. The number of allylic oxidation sites excluding steroid dienone is 1. The summed E-state index contributed by atoms with van der Waals surface area (Å²) < 4.78 is 5.44. The van der Waals surface area contributed by atoms with Gasteiger partial charge in [0.15, 0.2) is 0 Å². The van der Waals surface area contributed by atoms with Gasteiger partial charge in [-0.1, -0.05) is 30.4 Å². The second kappa shape index (κ2) is 6.35. The molecule has 0 aliphatic carbocycles. The number of nitriles is 2. The van der Waals surface area contributed by atoms with Crippen LogP contribution in [0.15, 0.2) is 42.5 Å². The van der Waals surface area contributed by atoms with Gasteiger partial charge in [0.1, 0.15) is 17.8 Å². The highest BCUT2D eigenvalue weighted by Gasteiger charge is 2.20. The summed E-state index contributed by atoms with van der Waals surface area (Å²) in [6, 6.07) is 13.5. The van der Waals surface area contributed by atoms with E-state index >= 15 is 0 Å². The number of benzene rings is 1. The van der Waals surface area contributed by atoms with Crippen molar-refractivity contribution in [2.75, 3.05) is 6.61 Å². The number of ether oxygens (including phenoxy) is 1. The lowest BCUT2D eigenvalue weighted by atomic mass is 9.91. The summed E-state index contributed by atoms with van der Waals surface area (Å²) >= 11 is 0. The SMILES string of the molecule is CC(C#N)(C#N)C/C=C/COc1ccccc1. The average Bonchev–Trinajstić information content (AvgIpc) is 2.39. The lowest BCUT2D eigenvalue weighted by Crippen LogP contribution is -2.08. The molecular weight excluding hydrogens is 212 g/mol. The Kier molecular flexibility index (Phi) is 4.78. The van der Waals surface area contributed by atoms with Gasteiger partial charge in [-0.25, -0.2) is 0 Å². The van der Waals surface area contributed by atoms with E-state index in [0.29, 0.717) is 13.0 Å². The van der Waals surface area contributed by atoms with E-state index in [4.69, 9.17) is 15.3 Å². The lowest BCUT2D eigenvalue weighted by molar-refractivity contribution is 0.362. The minimum absolute atomic E-state index is 0.415. The predicted molar refractivity (Wildman–Crippen MR) is 65.0 cm³/mol. The Morgan fingerprint density at radius 2 is 1.82 bits per heavy atom. The fraction of sp³-hybridized carbons (Fsp3) is 0.286. The van der Waals surface area contributed by atoms with E-state index in [1.807, 2.05) is 48.5 Å². The predicted octanol–water partition coefficient (Wildman–Crippen LogP) is 3.07. The lowest BCUT2D eigenvalue weighted by Gasteiger charge is -2.07. The molecule has 0 aromatic heterocycles. The zero-order valence-corrected chi connectivity index (χ0v) is 9.76. The van der Waals surface area contributed by atoms with Gasteiger partial charge in [-0.2, -0.15) is 10.5 Å². The van der Waals surface area contributed by atoms with Crippen LogP contribution in [0.5, 0.6) is 5.75 Å². The molecule has 1 aromatic carbocycles. The highest BCUT2D eigenvalue weighted by Crippen LogP contribution is 2.18. The van der Waals surface area contributed by atoms with Crippen LogP contribution in [-0.4, -0.2) is 6.61 Å². The van der Waals surface area contributed by atoms with Crippen LogP contribution < -0.4 is 4.74 Å². The maximum Gasteiger partial charge on any atom is 0.144 e. The molecule has 3 heteroatoms. The highest BCUT2D eigenvalue weighted by atomic mass is 16.5. The van der Waals surface area contributed by atoms with Crippen LogP contribution in [0.4, 0.5) is 0 Å². The van der Waals surface area contributed by atoms with Crippen LogP contribution in [0.2, 0.25) is 0 Å². The minimum atomic E-state index is -0.941. The first kappa shape index (κ1) is 12.8. The molecular formula is C14H14N2O. The van der Waals surface area contributed by atoms with Gasteiger partial charge >= 0.3 is 0 Å². The monoisotopic (exact) mass is 226 g/mol. The molecule has 0 amide bonds. The molecule has 0 fully saturated rings. The van der Waals surface area contributed by atoms with Crippen LogP contribution in [-0.2, 0) is 0 Å². The van der Waals surface area contributed by atoms with E-state index in [0.717, 1.165) is 5.75 Å². The third-order valence-electron chi connectivity index (χ3n) is 2.28. The van der Waals surface area contributed by atoms with Crippen LogP contribution in [0, 0.1) is 28.1 Å². The summed E-state index contributed by atoms with van der Waals surface area (Å²) in [4.78, 5) is 0. The zero-order chi connectivity index (χ0) is 12.6. The number of rotatable bonds is 5. The van der Waals surface area contributed by atoms with Gasteiger partial charge in [0, 0.05) is 0 Å². The standard InChI is InChI=1S/C14H14N2O/c1-14(11-15,12-16)9-5-6-10-17-13-7-3-2-4-8-13/h2-8H,9-10H2,1H3/b6-5+. The van der Waals surface area contributed by atoms with E-state index in [1.165, 1.54) is 0 Å². The summed E-state index contributed by atoms with van der Waals surface area (Å²) in [5, 5.41) is 17.6. The summed E-state index contributed by atoms with van der Waals surface area (Å²) in [7, 11) is 0. The first-order chi connectivity index (χ1) is 8.20. The van der Waals surface area contributed by atoms with Crippen molar-refractivity contribution in [2.24, 2.45) is 5.41 Å². The number of hydrogen-bond donors (Lipinski definition) is 0. The molecule has 17 heavy (non-hydrogen) atoms. The second-order valence-electron chi connectivity index (χ2n) is 3.86. The number of hydrogen-bond acceptors (Lipinski definition) is 3. The van der Waals surface area contributed by atoms with Gasteiger partial charge in [0.2, 0.25) is 0 Å². The maximum absolute atomic E-state index is 8.78. The zero-order valence-electron chi connectivity index (χ0n) is 9.76. The molecule has 0 aliphatic heterocycles. The molecule has 0 spiro atoms. The molecule has 0 saturated heterocycles. The Hall–Kier alpha value is -2.26. The first-order valence-electron chi connectivity index (χ1n) is 5.35. The Morgan fingerprint density at radius 1 is 1.18 bits per heavy atom. The van der Waals surface area contributed by atoms with E-state index in [9.17, 15) is 0 Å². The molecule has 0 radical (unpaired) electrons. The molecule has 1 rings (SSSR count). The summed E-state index contributed by atoms with van der Waals surface area (Å²) in [5.74, 6) is 0.806. The van der Waals surface area contributed by atoms with E-state index < -0.39 is 5.41 Å². The van der Waals surface area contributed by atoms with Crippen molar-refractivity contribution in [1.29, 1.82) is 10.5 Å². The number of para-hydroxylation sites is 1. The molecule has 0 N–H and O–H groups in total. The third kappa shape index (κ3) is 4.40. The van der Waals surface area contributed by atoms with E-state index in [-0.39, 0.29) is 0 Å². The summed E-state index contributed by atoms with van der Waals surface area (Å²) in [5.41, 5.74) is -0.941. The Labute approximate surface area is 102 Å². The van der Waals surface area contributed by atoms with Crippen molar-refractivity contribution in [3.63, 3.8) is 0 Å². The molecule has 0 atom stereocenters. The molecule has 0 aliphatic rings. The van der Waals surface area contributed by atoms with Crippen LogP contribution in [0.25, 0.3) is 0 Å². The number of nitrogens with zero attached hydrogens (tertiary/aromatic N) is 2. The topological polar surface area (TPSA) is 56.8 Å². The molecule has 3 nitrogen and oxygen atoms in total. The van der Waals surface area contributed by atoms with Gasteiger partial charge in [-0.05, 0) is 25.5 Å². The van der Waals surface area contributed by atoms with Crippen molar-refractivity contribution in [2.45, 2.75) is 13.3 Å². The van der Waals surface area contributed by atoms with E-state index in [1.54, 1.807) is 13.0 Å². The molecule has 1 aromatic rings. The fourth-order valence-electron chi connectivity index (χ4n) is 1.16. The van der Waals surface area contributed by atoms with Crippen LogP contribution in [0.1, 0.15) is 13.3 Å². The third-order valence-corrected chi connectivity index (χ3v) is 2.28. The first-order valence-corrected chi connectivity index (χ1v) is 5.35. The minimum Gasteiger partial charge on any atom is -0.490 e. The van der Waals surface area contributed by atoms with Gasteiger partial charge in [0.25, 0.3) is 0 Å². The van der Waals surface area contributed by atoms with Gasteiger partial charge in [0.05, 0.1) is 12.1 Å². The van der Waals surface area contributed by atoms with Gasteiger partial charge < -0.3 is 4.74 Å². The molecule has 0 unspecified atom stereocenters. The smallest absolute Gasteiger partial charge is 0.144 e. The fourth-order valence-corrected chi connectivity index (χ4v) is 1.16. The Balaban J connectivity index is 2.34. The van der Waals surface area contributed by atoms with Gasteiger partial charge in [-0.15, -0.1) is 0 Å². The van der Waals surface area contributed by atoms with Crippen LogP contribution >= 0.6 is 0 Å².